The number of imidazole rings is 1. The molecule has 2 heterocycles. The Balaban J connectivity index is 1.15. The van der Waals surface area contributed by atoms with Crippen molar-refractivity contribution in [2.75, 3.05) is 26.8 Å². The summed E-state index contributed by atoms with van der Waals surface area (Å²) in [7, 11) is 1.68. The number of fused-ring (bicyclic) bond motifs is 1. The van der Waals surface area contributed by atoms with Gasteiger partial charge in [-0.25, -0.2) is 14.2 Å². The third-order valence-electron chi connectivity index (χ3n) is 8.32. The zero-order valence-corrected chi connectivity index (χ0v) is 21.0. The fourth-order valence-corrected chi connectivity index (χ4v) is 8.01. The molecule has 0 saturated heterocycles. The van der Waals surface area contributed by atoms with Gasteiger partial charge in [0.25, 0.3) is 0 Å². The third-order valence-corrected chi connectivity index (χ3v) is 9.21. The van der Waals surface area contributed by atoms with E-state index in [1.165, 1.54) is 31.4 Å². The number of hydrogen-bond acceptors (Lipinski definition) is 4. The second-order valence-electron chi connectivity index (χ2n) is 10.9. The molecule has 3 aromatic rings. The van der Waals surface area contributed by atoms with Crippen LogP contribution in [0.3, 0.4) is 0 Å². The number of hydrogen-bond donors (Lipinski definition) is 1. The lowest BCUT2D eigenvalue weighted by atomic mass is 9.53. The number of urea groups is 1. The van der Waals surface area contributed by atoms with Crippen molar-refractivity contribution in [1.82, 2.24) is 19.6 Å². The van der Waals surface area contributed by atoms with Crippen molar-refractivity contribution in [2.45, 2.75) is 50.5 Å². The van der Waals surface area contributed by atoms with Gasteiger partial charge in [0, 0.05) is 55.0 Å². The number of methoxy groups -OCH3 is 1. The molecular formula is C27H33FN4O2S. The Kier molecular flexibility index (Phi) is 6.05. The molecule has 1 N–H and O–H groups in total. The summed E-state index contributed by atoms with van der Waals surface area (Å²) in [5.74, 6) is 2.14. The van der Waals surface area contributed by atoms with Gasteiger partial charge in [-0.3, -0.25) is 4.40 Å². The maximum absolute atomic E-state index is 13.5. The predicted molar refractivity (Wildman–Crippen MR) is 135 cm³/mol. The molecular weight excluding hydrogens is 463 g/mol. The molecule has 7 rings (SSSR count). The molecule has 0 spiro atoms. The predicted octanol–water partition coefficient (Wildman–Crippen LogP) is 5.37. The average molecular weight is 497 g/mol. The maximum atomic E-state index is 13.5. The SMILES string of the molecule is COCCN(CCc1csc2nc(-c3ccc(F)cc3)cn12)C(=O)NC12CC3CC(CC(C3)C1)C2. The van der Waals surface area contributed by atoms with E-state index >= 15 is 0 Å². The van der Waals surface area contributed by atoms with Crippen molar-refractivity contribution in [1.29, 1.82) is 0 Å². The number of amides is 2. The minimum Gasteiger partial charge on any atom is -0.383 e. The van der Waals surface area contributed by atoms with Crippen LogP contribution in [0.1, 0.15) is 44.2 Å². The molecule has 4 bridgehead atoms. The van der Waals surface area contributed by atoms with Crippen LogP contribution >= 0.6 is 11.3 Å². The van der Waals surface area contributed by atoms with Gasteiger partial charge in [-0.05, 0) is 80.5 Å². The quantitative estimate of drug-likeness (QED) is 0.456. The number of benzene rings is 1. The topological polar surface area (TPSA) is 58.9 Å². The lowest BCUT2D eigenvalue weighted by molar-refractivity contribution is -0.0159. The number of carbonyl (C=O) groups excluding carboxylic acids is 1. The number of rotatable bonds is 8. The van der Waals surface area contributed by atoms with Gasteiger partial charge in [0.1, 0.15) is 5.82 Å². The summed E-state index contributed by atoms with van der Waals surface area (Å²) in [6.07, 6.45) is 10.3. The lowest BCUT2D eigenvalue weighted by Gasteiger charge is -2.57. The highest BCUT2D eigenvalue weighted by Gasteiger charge is 2.51. The van der Waals surface area contributed by atoms with Crippen molar-refractivity contribution in [3.8, 4) is 11.3 Å². The zero-order valence-electron chi connectivity index (χ0n) is 20.2. The van der Waals surface area contributed by atoms with E-state index in [0.29, 0.717) is 19.7 Å². The summed E-state index contributed by atoms with van der Waals surface area (Å²) in [5, 5.41) is 5.63. The van der Waals surface area contributed by atoms with Crippen molar-refractivity contribution in [3.05, 3.63) is 47.4 Å². The van der Waals surface area contributed by atoms with Crippen molar-refractivity contribution >= 4 is 22.3 Å². The minimum absolute atomic E-state index is 0.00120. The summed E-state index contributed by atoms with van der Waals surface area (Å²) < 4.78 is 20.7. The zero-order chi connectivity index (χ0) is 24.0. The summed E-state index contributed by atoms with van der Waals surface area (Å²) in [5.41, 5.74) is 2.84. The Morgan fingerprint density at radius 2 is 1.86 bits per heavy atom. The second kappa shape index (κ2) is 9.21. The molecule has 2 aromatic heterocycles. The number of halogens is 1. The van der Waals surface area contributed by atoms with E-state index in [2.05, 4.69) is 15.1 Å². The number of thiazole rings is 1. The van der Waals surface area contributed by atoms with Crippen molar-refractivity contribution < 1.29 is 13.9 Å². The smallest absolute Gasteiger partial charge is 0.317 e. The molecule has 4 fully saturated rings. The molecule has 0 aliphatic heterocycles. The van der Waals surface area contributed by atoms with E-state index in [-0.39, 0.29) is 17.4 Å². The van der Waals surface area contributed by atoms with E-state index < -0.39 is 0 Å². The van der Waals surface area contributed by atoms with E-state index in [0.717, 1.165) is 65.3 Å². The Labute approximate surface area is 209 Å². The van der Waals surface area contributed by atoms with Gasteiger partial charge in [-0.1, -0.05) is 0 Å². The lowest BCUT2D eigenvalue weighted by Crippen LogP contribution is -2.62. The first-order valence-electron chi connectivity index (χ1n) is 12.8. The monoisotopic (exact) mass is 496 g/mol. The number of carbonyl (C=O) groups is 1. The summed E-state index contributed by atoms with van der Waals surface area (Å²) in [4.78, 5) is 21.0. The second-order valence-corrected chi connectivity index (χ2v) is 11.7. The molecule has 6 nitrogen and oxygen atoms in total. The van der Waals surface area contributed by atoms with Crippen LogP contribution in [-0.2, 0) is 11.2 Å². The molecule has 0 unspecified atom stereocenters. The summed E-state index contributed by atoms with van der Waals surface area (Å²) >= 11 is 1.59. The molecule has 4 aliphatic rings. The Bertz CT molecular complexity index is 1170. The van der Waals surface area contributed by atoms with E-state index in [9.17, 15) is 9.18 Å². The van der Waals surface area contributed by atoms with Crippen molar-refractivity contribution in [2.24, 2.45) is 17.8 Å². The van der Waals surface area contributed by atoms with E-state index in [1.807, 2.05) is 11.1 Å². The molecule has 8 heteroatoms. The van der Waals surface area contributed by atoms with Crippen LogP contribution in [0.15, 0.2) is 35.8 Å². The number of nitrogens with one attached hydrogen (secondary N) is 1. The van der Waals surface area contributed by atoms with Crippen molar-refractivity contribution in [3.63, 3.8) is 0 Å². The molecule has 0 atom stereocenters. The van der Waals surface area contributed by atoms with Gasteiger partial charge in [-0.15, -0.1) is 11.3 Å². The number of nitrogens with zero attached hydrogens (tertiary/aromatic N) is 3. The van der Waals surface area contributed by atoms with Crippen LogP contribution in [0, 0.1) is 23.6 Å². The molecule has 4 aliphatic carbocycles. The first-order valence-corrected chi connectivity index (χ1v) is 13.7. The fourth-order valence-electron chi connectivity index (χ4n) is 7.10. The first kappa shape index (κ1) is 23.0. The van der Waals surface area contributed by atoms with Gasteiger partial charge in [0.2, 0.25) is 0 Å². The molecule has 4 saturated carbocycles. The van der Waals surface area contributed by atoms with Crippen LogP contribution in [0.25, 0.3) is 16.2 Å². The Hall–Kier alpha value is -2.45. The minimum atomic E-state index is -0.251. The van der Waals surface area contributed by atoms with Gasteiger partial charge in [-0.2, -0.15) is 0 Å². The normalized spacial score (nSPS) is 27.0. The van der Waals surface area contributed by atoms with E-state index in [1.54, 1.807) is 30.6 Å². The highest BCUT2D eigenvalue weighted by Crippen LogP contribution is 2.55. The Morgan fingerprint density at radius 1 is 1.17 bits per heavy atom. The summed E-state index contributed by atoms with van der Waals surface area (Å²) in [6, 6.07) is 6.47. The Morgan fingerprint density at radius 3 is 2.51 bits per heavy atom. The van der Waals surface area contributed by atoms with Crippen LogP contribution in [0.2, 0.25) is 0 Å². The molecule has 2 amide bonds. The standard InChI is InChI=1S/C27H33FN4O2S/c1-34-9-8-31(25(33)30-27-13-18-10-19(14-27)12-20(11-18)15-27)7-6-23-17-35-26-29-24(16-32(23)26)21-2-4-22(28)5-3-21/h2-5,16-20H,6-15H2,1H3,(H,30,33). The van der Waals surface area contributed by atoms with Gasteiger partial charge in [0.05, 0.1) is 12.3 Å². The maximum Gasteiger partial charge on any atom is 0.317 e. The largest absolute Gasteiger partial charge is 0.383 e. The highest BCUT2D eigenvalue weighted by molar-refractivity contribution is 7.15. The average Bonchev–Trinajstić information content (AvgIpc) is 3.40. The van der Waals surface area contributed by atoms with E-state index in [4.69, 9.17) is 9.72 Å². The van der Waals surface area contributed by atoms with Crippen LogP contribution in [0.5, 0.6) is 0 Å². The van der Waals surface area contributed by atoms with Crippen LogP contribution in [0.4, 0.5) is 9.18 Å². The highest BCUT2D eigenvalue weighted by atomic mass is 32.1. The van der Waals surface area contributed by atoms with Gasteiger partial charge in [0.15, 0.2) is 4.96 Å². The summed E-state index contributed by atoms with van der Waals surface area (Å²) in [6.45, 7) is 1.72. The van der Waals surface area contributed by atoms with Crippen LogP contribution < -0.4 is 5.32 Å². The van der Waals surface area contributed by atoms with Crippen LogP contribution in [-0.4, -0.2) is 52.7 Å². The van der Waals surface area contributed by atoms with Gasteiger partial charge < -0.3 is 15.0 Å². The molecule has 186 valence electrons. The molecule has 1 aromatic carbocycles. The molecule has 0 radical (unpaired) electrons. The first-order chi connectivity index (χ1) is 17.0. The number of ether oxygens (including phenoxy) is 1. The third kappa shape index (κ3) is 4.58. The number of aromatic nitrogens is 2. The molecule has 35 heavy (non-hydrogen) atoms. The fraction of sp³-hybridized carbons (Fsp3) is 0.556. The van der Waals surface area contributed by atoms with Gasteiger partial charge >= 0.3 is 6.03 Å².